The zero-order valence-corrected chi connectivity index (χ0v) is 17.1. The van der Waals surface area contributed by atoms with Crippen molar-refractivity contribution in [2.24, 2.45) is 0 Å². The molecule has 13 nitrogen and oxygen atoms in total. The second-order valence-electron chi connectivity index (χ2n) is 5.67. The van der Waals surface area contributed by atoms with E-state index in [1.165, 1.54) is 4.90 Å². The number of hydrogen-bond acceptors (Lipinski definition) is 8. The molecule has 0 aliphatic rings. The van der Waals surface area contributed by atoms with E-state index in [-0.39, 0.29) is 66.1 Å². The van der Waals surface area contributed by atoms with Crippen LogP contribution in [0.5, 0.6) is 0 Å². The van der Waals surface area contributed by atoms with Crippen molar-refractivity contribution in [3.63, 3.8) is 0 Å². The van der Waals surface area contributed by atoms with Gasteiger partial charge in [-0.05, 0) is 0 Å². The van der Waals surface area contributed by atoms with Crippen molar-refractivity contribution in [1.82, 2.24) is 14.7 Å². The summed E-state index contributed by atoms with van der Waals surface area (Å²) in [5, 5.41) is 44.1. The summed E-state index contributed by atoms with van der Waals surface area (Å²) in [5.41, 5.74) is 0. The minimum absolute atomic E-state index is 0. The van der Waals surface area contributed by atoms with Crippen LogP contribution in [0.1, 0.15) is 0 Å². The fourth-order valence-electron chi connectivity index (χ4n) is 2.22. The van der Waals surface area contributed by atoms with Crippen LogP contribution in [0, 0.1) is 39.9 Å². The predicted octanol–water partition coefficient (Wildman–Crippen LogP) is -2.68. The molecule has 0 bridgehead atoms. The van der Waals surface area contributed by atoms with Crippen LogP contribution >= 0.6 is 0 Å². The molecule has 5 N–H and O–H groups in total. The van der Waals surface area contributed by atoms with E-state index in [0.717, 1.165) is 9.80 Å². The molecular formula is C14H23GdN3O10. The van der Waals surface area contributed by atoms with Gasteiger partial charge in [-0.15, -0.1) is 0 Å². The molecule has 0 aliphatic heterocycles. The summed E-state index contributed by atoms with van der Waals surface area (Å²) in [6.45, 7) is -2.74. The summed E-state index contributed by atoms with van der Waals surface area (Å²) in [6.07, 6.45) is 0. The molecule has 0 atom stereocenters. The Kier molecular flexibility index (Phi) is 15.9. The molecule has 0 fully saturated rings. The van der Waals surface area contributed by atoms with E-state index in [1.807, 2.05) is 0 Å². The molecule has 0 saturated carbocycles. The maximum Gasteiger partial charge on any atom is 0.317 e. The van der Waals surface area contributed by atoms with Gasteiger partial charge in [0.2, 0.25) is 0 Å². The molecule has 0 aliphatic carbocycles. The quantitative estimate of drug-likeness (QED) is 0.133. The summed E-state index contributed by atoms with van der Waals surface area (Å²) in [4.78, 5) is 57.6. The minimum Gasteiger partial charge on any atom is -0.480 e. The molecule has 0 heterocycles. The molecule has 0 amide bonds. The van der Waals surface area contributed by atoms with E-state index < -0.39 is 62.6 Å². The zero-order chi connectivity index (χ0) is 21.0. The van der Waals surface area contributed by atoms with Crippen LogP contribution in [0.4, 0.5) is 0 Å². The fourth-order valence-corrected chi connectivity index (χ4v) is 2.22. The molecule has 0 aromatic rings. The summed E-state index contributed by atoms with van der Waals surface area (Å²) in [5.74, 6) is -6.16. The monoisotopic (exact) mass is 551 g/mol. The second kappa shape index (κ2) is 15.5. The molecule has 0 spiro atoms. The normalized spacial score (nSPS) is 10.7. The van der Waals surface area contributed by atoms with Crippen LogP contribution in [-0.4, -0.2) is 129 Å². The first kappa shape index (κ1) is 28.8. The van der Waals surface area contributed by atoms with Crippen LogP contribution in [-0.2, 0) is 24.0 Å². The van der Waals surface area contributed by atoms with Gasteiger partial charge in [-0.3, -0.25) is 38.7 Å². The predicted molar refractivity (Wildman–Crippen MR) is 87.5 cm³/mol. The number of carboxylic acid groups (broad SMARTS) is 5. The van der Waals surface area contributed by atoms with Gasteiger partial charge in [0, 0.05) is 66.1 Å². The fraction of sp³-hybridized carbons (Fsp3) is 0.643. The Morgan fingerprint density at radius 1 is 0.429 bits per heavy atom. The largest absolute Gasteiger partial charge is 0.480 e. The summed E-state index contributed by atoms with van der Waals surface area (Å²) < 4.78 is 0. The van der Waals surface area contributed by atoms with Crippen LogP contribution in [0.2, 0.25) is 0 Å². The van der Waals surface area contributed by atoms with Gasteiger partial charge in [0.05, 0.1) is 32.7 Å². The molecule has 0 aromatic heterocycles. The van der Waals surface area contributed by atoms with Crippen molar-refractivity contribution in [1.29, 1.82) is 0 Å². The van der Waals surface area contributed by atoms with Crippen LogP contribution in [0.25, 0.3) is 0 Å². The maximum atomic E-state index is 11.0. The first-order chi connectivity index (χ1) is 12.5. The first-order valence-electron chi connectivity index (χ1n) is 7.75. The molecule has 0 saturated heterocycles. The molecule has 0 radical (unpaired) electrons. The van der Waals surface area contributed by atoms with Gasteiger partial charge in [0.1, 0.15) is 0 Å². The van der Waals surface area contributed by atoms with Crippen molar-refractivity contribution >= 4 is 29.8 Å². The van der Waals surface area contributed by atoms with E-state index in [1.54, 1.807) is 0 Å². The van der Waals surface area contributed by atoms with Crippen molar-refractivity contribution in [3.8, 4) is 0 Å². The Morgan fingerprint density at radius 2 is 0.607 bits per heavy atom. The van der Waals surface area contributed by atoms with Gasteiger partial charge in [0.15, 0.2) is 0 Å². The van der Waals surface area contributed by atoms with Gasteiger partial charge in [-0.2, -0.15) is 0 Å². The Balaban J connectivity index is 0. The topological polar surface area (TPSA) is 196 Å². The smallest absolute Gasteiger partial charge is 0.317 e. The minimum atomic E-state index is -1.24. The number of aliphatic carboxylic acids is 5. The SMILES string of the molecule is O=C(O)CN(CCN(CC(=O)O)CC(=O)O)CCN(CC(=O)O)CC(=O)O.[Gd]. The molecule has 0 aromatic carbocycles. The molecule has 0 rings (SSSR count). The zero-order valence-electron chi connectivity index (χ0n) is 14.8. The summed E-state index contributed by atoms with van der Waals surface area (Å²) in [6, 6.07) is 0. The third-order valence-corrected chi connectivity index (χ3v) is 3.26. The van der Waals surface area contributed by atoms with Gasteiger partial charge in [0.25, 0.3) is 0 Å². The van der Waals surface area contributed by atoms with Crippen LogP contribution in [0.3, 0.4) is 0 Å². The summed E-state index contributed by atoms with van der Waals surface area (Å²) in [7, 11) is 0. The van der Waals surface area contributed by atoms with E-state index in [0.29, 0.717) is 0 Å². The summed E-state index contributed by atoms with van der Waals surface area (Å²) >= 11 is 0. The number of rotatable bonds is 16. The van der Waals surface area contributed by atoms with Gasteiger partial charge in [-0.1, -0.05) is 0 Å². The second-order valence-corrected chi connectivity index (χ2v) is 5.67. The van der Waals surface area contributed by atoms with Crippen molar-refractivity contribution < 1.29 is 89.4 Å². The Labute approximate surface area is 192 Å². The van der Waals surface area contributed by atoms with Gasteiger partial charge < -0.3 is 25.5 Å². The third-order valence-electron chi connectivity index (χ3n) is 3.26. The number of carboxylic acids is 5. The number of hydrogen-bond donors (Lipinski definition) is 5. The van der Waals surface area contributed by atoms with Crippen LogP contribution < -0.4 is 0 Å². The van der Waals surface area contributed by atoms with E-state index in [9.17, 15) is 24.0 Å². The molecule has 162 valence electrons. The standard InChI is InChI=1S/C14H23N3O10.Gd/c18-10(19)5-15(1-3-16(6-11(20)21)7-12(22)23)2-4-17(8-13(24)25)9-14(26)27;/h1-9H2,(H,18,19)(H,20,21)(H,22,23)(H,24,25)(H,26,27);. The average Bonchev–Trinajstić information content (AvgIpc) is 2.46. The Morgan fingerprint density at radius 3 is 0.821 bits per heavy atom. The Hall–Kier alpha value is -1.45. The molecule has 28 heavy (non-hydrogen) atoms. The molecular weight excluding hydrogens is 527 g/mol. The van der Waals surface area contributed by atoms with Crippen molar-refractivity contribution in [2.75, 3.05) is 58.9 Å². The maximum absolute atomic E-state index is 11.0. The third kappa shape index (κ3) is 16.7. The number of nitrogens with zero attached hydrogens (tertiary/aromatic N) is 3. The van der Waals surface area contributed by atoms with Crippen LogP contribution in [0.15, 0.2) is 0 Å². The molecule has 0 unspecified atom stereocenters. The average molecular weight is 551 g/mol. The first-order valence-corrected chi connectivity index (χ1v) is 7.75. The van der Waals surface area contributed by atoms with Crippen molar-refractivity contribution in [3.05, 3.63) is 0 Å². The van der Waals surface area contributed by atoms with E-state index >= 15 is 0 Å². The van der Waals surface area contributed by atoms with Crippen molar-refractivity contribution in [2.45, 2.75) is 0 Å². The van der Waals surface area contributed by atoms with Gasteiger partial charge in [-0.25, -0.2) is 0 Å². The van der Waals surface area contributed by atoms with Gasteiger partial charge >= 0.3 is 29.8 Å². The molecule has 14 heteroatoms. The number of carbonyl (C=O) groups is 5. The Bertz CT molecular complexity index is 487. The van der Waals surface area contributed by atoms with E-state index in [2.05, 4.69) is 0 Å². The van der Waals surface area contributed by atoms with E-state index in [4.69, 9.17) is 25.5 Å².